The summed E-state index contributed by atoms with van der Waals surface area (Å²) >= 11 is 6.00. The number of alkyl halides is 3. The van der Waals surface area contributed by atoms with Crippen molar-refractivity contribution in [2.24, 2.45) is 0 Å². The van der Waals surface area contributed by atoms with E-state index in [0.29, 0.717) is 22.8 Å². The molecule has 0 radical (unpaired) electrons. The highest BCUT2D eigenvalue weighted by Gasteiger charge is 2.31. The van der Waals surface area contributed by atoms with E-state index in [-0.39, 0.29) is 16.8 Å². The molecule has 1 heterocycles. The predicted octanol–water partition coefficient (Wildman–Crippen LogP) is 5.47. The lowest BCUT2D eigenvalue weighted by Crippen LogP contribution is -2.06. The first-order valence-corrected chi connectivity index (χ1v) is 8.39. The average molecular weight is 395 g/mol. The summed E-state index contributed by atoms with van der Waals surface area (Å²) < 4.78 is 40.5. The Labute approximate surface area is 157 Å². The SMILES string of the molecule is CCc1c(C(=O)O)c(-c2cccc(C(F)(F)F)c2)nn1-c1cccc(Cl)c1. The normalized spacial score (nSPS) is 11.6. The maximum Gasteiger partial charge on any atom is 0.416 e. The minimum atomic E-state index is -4.54. The fraction of sp³-hybridized carbons (Fsp3) is 0.158. The molecule has 0 spiro atoms. The number of carboxylic acid groups (broad SMARTS) is 1. The van der Waals surface area contributed by atoms with Crippen molar-refractivity contribution in [2.75, 3.05) is 0 Å². The van der Waals surface area contributed by atoms with E-state index in [1.807, 2.05) is 0 Å². The Morgan fingerprint density at radius 2 is 1.89 bits per heavy atom. The largest absolute Gasteiger partial charge is 0.478 e. The van der Waals surface area contributed by atoms with Crippen molar-refractivity contribution in [1.82, 2.24) is 9.78 Å². The number of aromatic nitrogens is 2. The summed E-state index contributed by atoms with van der Waals surface area (Å²) in [7, 11) is 0. The minimum absolute atomic E-state index is 0.0228. The predicted molar refractivity (Wildman–Crippen MR) is 95.3 cm³/mol. The van der Waals surface area contributed by atoms with Crippen LogP contribution in [-0.2, 0) is 12.6 Å². The molecule has 3 aromatic rings. The molecule has 8 heteroatoms. The zero-order valence-corrected chi connectivity index (χ0v) is 14.8. The summed E-state index contributed by atoms with van der Waals surface area (Å²) in [6.45, 7) is 1.75. The summed E-state index contributed by atoms with van der Waals surface area (Å²) in [6, 6.07) is 11.1. The van der Waals surface area contributed by atoms with Crippen molar-refractivity contribution in [1.29, 1.82) is 0 Å². The van der Waals surface area contributed by atoms with Crippen LogP contribution in [0.5, 0.6) is 0 Å². The van der Waals surface area contributed by atoms with E-state index in [0.717, 1.165) is 12.1 Å². The van der Waals surface area contributed by atoms with Crippen molar-refractivity contribution in [2.45, 2.75) is 19.5 Å². The van der Waals surface area contributed by atoms with Gasteiger partial charge < -0.3 is 5.11 Å². The van der Waals surface area contributed by atoms with Gasteiger partial charge in [0.2, 0.25) is 0 Å². The Kier molecular flexibility index (Phi) is 4.97. The van der Waals surface area contributed by atoms with Gasteiger partial charge in [0.25, 0.3) is 0 Å². The highest BCUT2D eigenvalue weighted by Crippen LogP contribution is 2.34. The molecule has 0 atom stereocenters. The number of halogens is 4. The van der Waals surface area contributed by atoms with Crippen LogP contribution in [0.1, 0.15) is 28.5 Å². The summed E-state index contributed by atoms with van der Waals surface area (Å²) in [6.07, 6.45) is -4.22. The second-order valence-corrected chi connectivity index (χ2v) is 6.24. The van der Waals surface area contributed by atoms with E-state index in [9.17, 15) is 23.1 Å². The number of hydrogen-bond donors (Lipinski definition) is 1. The number of nitrogens with zero attached hydrogens (tertiary/aromatic N) is 2. The summed E-state index contributed by atoms with van der Waals surface area (Å²) in [5, 5.41) is 14.4. The molecule has 1 aromatic heterocycles. The van der Waals surface area contributed by atoms with E-state index in [1.54, 1.807) is 31.2 Å². The number of carboxylic acids is 1. The van der Waals surface area contributed by atoms with Crippen molar-refractivity contribution in [3.8, 4) is 16.9 Å². The van der Waals surface area contributed by atoms with Gasteiger partial charge in [0.1, 0.15) is 11.3 Å². The van der Waals surface area contributed by atoms with Gasteiger partial charge in [-0.25, -0.2) is 9.48 Å². The summed E-state index contributed by atoms with van der Waals surface area (Å²) in [4.78, 5) is 11.9. The topological polar surface area (TPSA) is 55.1 Å². The zero-order chi connectivity index (χ0) is 19.8. The number of benzene rings is 2. The van der Waals surface area contributed by atoms with E-state index in [2.05, 4.69) is 5.10 Å². The van der Waals surface area contributed by atoms with Gasteiger partial charge in [-0.05, 0) is 36.8 Å². The Hall–Kier alpha value is -2.80. The Morgan fingerprint density at radius 3 is 2.48 bits per heavy atom. The van der Waals surface area contributed by atoms with Crippen LogP contribution in [-0.4, -0.2) is 20.9 Å². The van der Waals surface area contributed by atoms with Crippen LogP contribution < -0.4 is 0 Å². The molecule has 27 heavy (non-hydrogen) atoms. The van der Waals surface area contributed by atoms with Crippen LogP contribution in [0.2, 0.25) is 5.02 Å². The molecular formula is C19H14ClF3N2O2. The molecule has 0 unspecified atom stereocenters. The molecule has 1 N–H and O–H groups in total. The third-order valence-electron chi connectivity index (χ3n) is 4.05. The fourth-order valence-electron chi connectivity index (χ4n) is 2.87. The van der Waals surface area contributed by atoms with Crippen LogP contribution in [0, 0.1) is 0 Å². The lowest BCUT2D eigenvalue weighted by atomic mass is 10.0. The lowest BCUT2D eigenvalue weighted by molar-refractivity contribution is -0.137. The van der Waals surface area contributed by atoms with Gasteiger partial charge in [-0.1, -0.05) is 36.7 Å². The van der Waals surface area contributed by atoms with Crippen LogP contribution in [0.15, 0.2) is 48.5 Å². The highest BCUT2D eigenvalue weighted by atomic mass is 35.5. The number of aromatic carboxylic acids is 1. The minimum Gasteiger partial charge on any atom is -0.478 e. The van der Waals surface area contributed by atoms with E-state index < -0.39 is 17.7 Å². The molecule has 0 aliphatic carbocycles. The molecule has 0 saturated heterocycles. The van der Waals surface area contributed by atoms with Gasteiger partial charge in [0.05, 0.1) is 16.9 Å². The Balaban J connectivity index is 2.26. The zero-order valence-electron chi connectivity index (χ0n) is 14.1. The first-order valence-electron chi connectivity index (χ1n) is 8.01. The molecule has 0 aliphatic heterocycles. The van der Waals surface area contributed by atoms with Crippen LogP contribution in [0.4, 0.5) is 13.2 Å². The highest BCUT2D eigenvalue weighted by molar-refractivity contribution is 6.30. The quantitative estimate of drug-likeness (QED) is 0.638. The van der Waals surface area contributed by atoms with E-state index in [4.69, 9.17) is 11.6 Å². The second-order valence-electron chi connectivity index (χ2n) is 5.80. The van der Waals surface area contributed by atoms with Crippen molar-refractivity contribution < 1.29 is 23.1 Å². The molecule has 0 amide bonds. The number of carbonyl (C=O) groups is 1. The smallest absolute Gasteiger partial charge is 0.416 e. The van der Waals surface area contributed by atoms with Gasteiger partial charge in [0, 0.05) is 10.6 Å². The lowest BCUT2D eigenvalue weighted by Gasteiger charge is -2.08. The third-order valence-corrected chi connectivity index (χ3v) is 4.28. The molecule has 0 saturated carbocycles. The van der Waals surface area contributed by atoms with Crippen molar-refractivity contribution in [3.63, 3.8) is 0 Å². The first kappa shape index (κ1) is 19.0. The molecule has 4 nitrogen and oxygen atoms in total. The second kappa shape index (κ2) is 7.08. The molecule has 0 aliphatic rings. The van der Waals surface area contributed by atoms with E-state index in [1.165, 1.54) is 16.8 Å². The standard InChI is InChI=1S/C19H14ClF3N2O2/c1-2-15-16(18(26)27)17(11-5-3-6-12(9-11)19(21,22)23)24-25(15)14-8-4-7-13(20)10-14/h3-10H,2H2,1H3,(H,26,27). The Bertz CT molecular complexity index is 1010. The maximum atomic E-state index is 13.0. The van der Waals surface area contributed by atoms with Crippen LogP contribution >= 0.6 is 11.6 Å². The number of hydrogen-bond acceptors (Lipinski definition) is 2. The van der Waals surface area contributed by atoms with E-state index >= 15 is 0 Å². The monoisotopic (exact) mass is 394 g/mol. The Morgan fingerprint density at radius 1 is 1.19 bits per heavy atom. The molecular weight excluding hydrogens is 381 g/mol. The maximum absolute atomic E-state index is 13.0. The molecule has 140 valence electrons. The summed E-state index contributed by atoms with van der Waals surface area (Å²) in [5.74, 6) is -1.26. The van der Waals surface area contributed by atoms with Gasteiger partial charge in [-0.2, -0.15) is 18.3 Å². The van der Waals surface area contributed by atoms with Crippen LogP contribution in [0.3, 0.4) is 0 Å². The molecule has 0 fully saturated rings. The third kappa shape index (κ3) is 3.68. The van der Waals surface area contributed by atoms with Crippen molar-refractivity contribution in [3.05, 3.63) is 70.4 Å². The van der Waals surface area contributed by atoms with Gasteiger partial charge >= 0.3 is 12.1 Å². The number of rotatable bonds is 4. The van der Waals surface area contributed by atoms with Crippen LogP contribution in [0.25, 0.3) is 16.9 Å². The first-order chi connectivity index (χ1) is 12.7. The molecule has 2 aromatic carbocycles. The van der Waals surface area contributed by atoms with Gasteiger partial charge in [-0.15, -0.1) is 0 Å². The summed E-state index contributed by atoms with van der Waals surface area (Å²) in [5.41, 5.74) is -0.0381. The van der Waals surface area contributed by atoms with Crippen molar-refractivity contribution >= 4 is 17.6 Å². The fourth-order valence-corrected chi connectivity index (χ4v) is 3.06. The molecule has 3 rings (SSSR count). The van der Waals surface area contributed by atoms with Gasteiger partial charge in [0.15, 0.2) is 0 Å². The molecule has 0 bridgehead atoms. The van der Waals surface area contributed by atoms with Gasteiger partial charge in [-0.3, -0.25) is 0 Å². The average Bonchev–Trinajstić information content (AvgIpc) is 3.01.